The molecular weight excluding hydrogens is 319 g/mol. The molecule has 1 aliphatic carbocycles. The van der Waals surface area contributed by atoms with Crippen LogP contribution in [0, 0.1) is 0 Å². The Labute approximate surface area is 149 Å². The fraction of sp³-hybridized carbons (Fsp3) is 0.474. The average molecular weight is 346 g/mol. The van der Waals surface area contributed by atoms with E-state index >= 15 is 0 Å². The minimum absolute atomic E-state index is 0.656. The molecule has 3 rings (SSSR count). The van der Waals surface area contributed by atoms with Crippen LogP contribution in [0.3, 0.4) is 0 Å². The summed E-state index contributed by atoms with van der Waals surface area (Å²) in [4.78, 5) is 0. The van der Waals surface area contributed by atoms with E-state index in [0.717, 1.165) is 11.1 Å². The molecule has 4 N–H and O–H groups in total. The van der Waals surface area contributed by atoms with Crippen molar-refractivity contribution in [2.45, 2.75) is 57.7 Å². The van der Waals surface area contributed by atoms with Crippen LogP contribution < -0.4 is 4.74 Å². The van der Waals surface area contributed by atoms with Gasteiger partial charge in [-0.3, -0.25) is 0 Å². The zero-order valence-corrected chi connectivity index (χ0v) is 15.2. The van der Waals surface area contributed by atoms with Crippen LogP contribution in [0.4, 0.5) is 0 Å². The van der Waals surface area contributed by atoms with E-state index in [4.69, 9.17) is 19.8 Å². The monoisotopic (exact) mass is 346 g/mol. The van der Waals surface area contributed by atoms with Gasteiger partial charge in [0.1, 0.15) is 11.4 Å². The van der Waals surface area contributed by atoms with Crippen molar-refractivity contribution < 1.29 is 24.9 Å². The van der Waals surface area contributed by atoms with E-state index in [0.29, 0.717) is 5.92 Å². The van der Waals surface area contributed by atoms with Crippen LogP contribution in [0.25, 0.3) is 10.8 Å². The summed E-state index contributed by atoms with van der Waals surface area (Å²) < 4.78 is 6.18. The lowest BCUT2D eigenvalue weighted by Crippen LogP contribution is -2.49. The predicted octanol–water partition coefficient (Wildman–Crippen LogP) is 2.59. The molecule has 5 nitrogen and oxygen atoms in total. The van der Waals surface area contributed by atoms with E-state index in [-0.39, 0.29) is 0 Å². The summed E-state index contributed by atoms with van der Waals surface area (Å²) in [5.41, 5.74) is -0.140. The molecule has 0 atom stereocenters. The number of benzene rings is 2. The van der Waals surface area contributed by atoms with Crippen LogP contribution in [0.1, 0.15) is 52.0 Å². The summed E-state index contributed by atoms with van der Waals surface area (Å²) in [5.74, 6) is 1.56. The van der Waals surface area contributed by atoms with Gasteiger partial charge in [-0.2, -0.15) is 0 Å². The quantitative estimate of drug-likeness (QED) is 0.639. The first kappa shape index (κ1) is 19.7. The molecule has 25 heavy (non-hydrogen) atoms. The summed E-state index contributed by atoms with van der Waals surface area (Å²) >= 11 is 0. The molecule has 0 amide bonds. The number of hydrogen-bond donors (Lipinski definition) is 4. The number of hydrogen-bond acceptors (Lipinski definition) is 5. The van der Waals surface area contributed by atoms with E-state index in [1.807, 2.05) is 19.9 Å². The maximum absolute atomic E-state index is 10.3. The Kier molecular flexibility index (Phi) is 5.79. The molecule has 0 spiro atoms. The summed E-state index contributed by atoms with van der Waals surface area (Å²) in [6, 6.07) is 12.7. The highest BCUT2D eigenvalue weighted by Gasteiger charge is 2.38. The zero-order valence-electron chi connectivity index (χ0n) is 15.2. The highest BCUT2D eigenvalue weighted by molar-refractivity contribution is 6.30. The Bertz CT molecular complexity index is 715. The third kappa shape index (κ3) is 4.95. The van der Waals surface area contributed by atoms with Crippen LogP contribution >= 0.6 is 0 Å². The molecule has 0 bridgehead atoms. The standard InChI is InChI=1S/C19H24O2.BH3O3/c1-18(2,20)19(3,4)21-17-12-11-14(13-9-10-13)15-7-5-6-8-16(15)17;2-1(3)4/h5-8,11-13,20H,9-10H2,1-4H3;2-4H. The van der Waals surface area contributed by atoms with Crippen molar-refractivity contribution in [3.8, 4) is 5.75 Å². The Morgan fingerprint density at radius 3 is 1.92 bits per heavy atom. The maximum atomic E-state index is 10.3. The first-order chi connectivity index (χ1) is 11.5. The van der Waals surface area contributed by atoms with Gasteiger partial charge in [-0.25, -0.2) is 0 Å². The Hall–Kier alpha value is -1.60. The van der Waals surface area contributed by atoms with Crippen molar-refractivity contribution >= 4 is 18.1 Å². The van der Waals surface area contributed by atoms with E-state index in [2.05, 4.69) is 30.3 Å². The topological polar surface area (TPSA) is 90.2 Å². The van der Waals surface area contributed by atoms with Gasteiger partial charge in [-0.05, 0) is 63.5 Å². The van der Waals surface area contributed by atoms with Crippen molar-refractivity contribution in [1.82, 2.24) is 0 Å². The first-order valence-electron chi connectivity index (χ1n) is 8.50. The number of aliphatic hydroxyl groups is 1. The van der Waals surface area contributed by atoms with Gasteiger partial charge in [0.05, 0.1) is 5.60 Å². The summed E-state index contributed by atoms with van der Waals surface area (Å²) in [7, 11) is -2.17. The summed E-state index contributed by atoms with van der Waals surface area (Å²) in [6.45, 7) is 7.43. The van der Waals surface area contributed by atoms with Crippen molar-refractivity contribution in [2.24, 2.45) is 0 Å². The lowest BCUT2D eigenvalue weighted by atomic mass is 9.89. The fourth-order valence-corrected chi connectivity index (χ4v) is 2.53. The third-order valence-electron chi connectivity index (χ3n) is 4.77. The van der Waals surface area contributed by atoms with Crippen molar-refractivity contribution in [1.29, 1.82) is 0 Å². The molecule has 2 aromatic rings. The molecule has 0 heterocycles. The number of fused-ring (bicyclic) bond motifs is 1. The molecule has 0 radical (unpaired) electrons. The molecule has 0 saturated heterocycles. The van der Waals surface area contributed by atoms with Gasteiger partial charge in [-0.15, -0.1) is 0 Å². The van der Waals surface area contributed by atoms with E-state index < -0.39 is 18.5 Å². The second kappa shape index (κ2) is 7.34. The van der Waals surface area contributed by atoms with E-state index in [1.54, 1.807) is 13.8 Å². The molecule has 2 aromatic carbocycles. The third-order valence-corrected chi connectivity index (χ3v) is 4.77. The van der Waals surface area contributed by atoms with Crippen LogP contribution in [0.15, 0.2) is 36.4 Å². The van der Waals surface area contributed by atoms with Crippen LogP contribution in [0.5, 0.6) is 5.75 Å². The van der Waals surface area contributed by atoms with Gasteiger partial charge in [0.25, 0.3) is 0 Å². The van der Waals surface area contributed by atoms with E-state index in [9.17, 15) is 5.11 Å². The van der Waals surface area contributed by atoms with Crippen molar-refractivity contribution in [3.63, 3.8) is 0 Å². The Morgan fingerprint density at radius 2 is 1.44 bits per heavy atom. The minimum atomic E-state index is -2.17. The van der Waals surface area contributed by atoms with Crippen LogP contribution in [-0.4, -0.2) is 38.7 Å². The van der Waals surface area contributed by atoms with Gasteiger partial charge >= 0.3 is 7.32 Å². The molecule has 0 aromatic heterocycles. The van der Waals surface area contributed by atoms with Gasteiger partial charge in [0, 0.05) is 5.39 Å². The normalized spacial score (nSPS) is 14.7. The number of ether oxygens (including phenoxy) is 1. The molecular formula is C19H27BO5. The number of rotatable bonds is 4. The van der Waals surface area contributed by atoms with Gasteiger partial charge in [0.15, 0.2) is 0 Å². The summed E-state index contributed by atoms with van der Waals surface area (Å²) in [5, 5.41) is 34.2. The lowest BCUT2D eigenvalue weighted by molar-refractivity contribution is -0.0900. The molecule has 1 fully saturated rings. The average Bonchev–Trinajstić information content (AvgIpc) is 3.30. The fourth-order valence-electron chi connectivity index (χ4n) is 2.53. The highest BCUT2D eigenvalue weighted by atomic mass is 16.5. The Morgan fingerprint density at radius 1 is 0.920 bits per heavy atom. The van der Waals surface area contributed by atoms with Crippen LogP contribution in [0.2, 0.25) is 0 Å². The largest absolute Gasteiger partial charge is 0.631 e. The van der Waals surface area contributed by atoms with Crippen molar-refractivity contribution in [3.05, 3.63) is 42.0 Å². The van der Waals surface area contributed by atoms with Crippen LogP contribution in [-0.2, 0) is 0 Å². The Balaban J connectivity index is 0.000000511. The molecule has 0 unspecified atom stereocenters. The van der Waals surface area contributed by atoms with Gasteiger partial charge < -0.3 is 24.9 Å². The molecule has 1 aliphatic rings. The minimum Gasteiger partial charge on any atom is -0.484 e. The second-order valence-corrected chi connectivity index (χ2v) is 7.49. The lowest BCUT2D eigenvalue weighted by Gasteiger charge is -2.37. The molecule has 1 saturated carbocycles. The molecule has 6 heteroatoms. The predicted molar refractivity (Wildman–Crippen MR) is 99.3 cm³/mol. The molecule has 0 aliphatic heterocycles. The summed E-state index contributed by atoms with van der Waals surface area (Å²) in [6.07, 6.45) is 2.58. The molecule has 136 valence electrons. The first-order valence-corrected chi connectivity index (χ1v) is 8.50. The van der Waals surface area contributed by atoms with Gasteiger partial charge in [0.2, 0.25) is 0 Å². The second-order valence-electron chi connectivity index (χ2n) is 7.49. The van der Waals surface area contributed by atoms with Crippen molar-refractivity contribution in [2.75, 3.05) is 0 Å². The SMILES string of the molecule is CC(C)(O)C(C)(C)Oc1ccc(C2CC2)c2ccccc12.OB(O)O. The van der Waals surface area contributed by atoms with Gasteiger partial charge in [-0.1, -0.05) is 30.3 Å². The van der Waals surface area contributed by atoms with E-state index in [1.165, 1.54) is 23.8 Å². The highest BCUT2D eigenvalue weighted by Crippen LogP contribution is 2.45. The maximum Gasteiger partial charge on any atom is 0.631 e. The zero-order chi connectivity index (χ0) is 18.8. The smallest absolute Gasteiger partial charge is 0.484 e.